The highest BCUT2D eigenvalue weighted by atomic mass is 19.4. The number of pyridine rings is 1. The van der Waals surface area contributed by atoms with Crippen LogP contribution in [-0.4, -0.2) is 26.5 Å². The van der Waals surface area contributed by atoms with Crippen LogP contribution >= 0.6 is 0 Å². The molecule has 0 bridgehead atoms. The zero-order valence-electron chi connectivity index (χ0n) is 14.4. The molecule has 0 saturated heterocycles. The van der Waals surface area contributed by atoms with Crippen LogP contribution in [0, 0.1) is 5.82 Å². The van der Waals surface area contributed by atoms with E-state index in [2.05, 4.69) is 15.2 Å². The molecule has 0 aliphatic heterocycles. The minimum atomic E-state index is -4.79. The minimum Gasteiger partial charge on any atom is -0.406 e. The Morgan fingerprint density at radius 3 is 2.54 bits per heavy atom. The van der Waals surface area contributed by atoms with Gasteiger partial charge in [-0.25, -0.2) is 18.3 Å². The highest BCUT2D eigenvalue weighted by molar-refractivity contribution is 5.76. The van der Waals surface area contributed by atoms with E-state index in [0.717, 1.165) is 33.5 Å². The number of rotatable bonds is 5. The first kappa shape index (κ1) is 19.4. The third-order valence-electron chi connectivity index (χ3n) is 3.83. The number of carbonyl (C=O) groups is 1. The summed E-state index contributed by atoms with van der Waals surface area (Å²) in [7, 11) is 0. The molecule has 7 nitrogen and oxygen atoms in total. The summed E-state index contributed by atoms with van der Waals surface area (Å²) in [6, 6.07) is 6.92. The number of carbonyl (C=O) groups excluding carboxylic acids is 1. The van der Waals surface area contributed by atoms with Crippen molar-refractivity contribution in [3.05, 3.63) is 64.5 Å². The average molecular weight is 398 g/mol. The quantitative estimate of drug-likeness (QED) is 0.670. The minimum absolute atomic E-state index is 0.188. The lowest BCUT2D eigenvalue weighted by atomic mass is 10.1. The molecule has 2 heterocycles. The normalized spacial score (nSPS) is 12.8. The number of amides is 1. The number of nitrogens with one attached hydrogen (secondary N) is 1. The van der Waals surface area contributed by atoms with E-state index in [9.17, 15) is 27.2 Å². The molecule has 2 aromatic heterocycles. The first-order valence-electron chi connectivity index (χ1n) is 8.02. The number of hydrogen-bond acceptors (Lipinski definition) is 4. The van der Waals surface area contributed by atoms with E-state index < -0.39 is 36.4 Å². The van der Waals surface area contributed by atoms with E-state index >= 15 is 0 Å². The van der Waals surface area contributed by atoms with Gasteiger partial charge in [-0.05, 0) is 36.8 Å². The van der Waals surface area contributed by atoms with E-state index in [4.69, 9.17) is 0 Å². The van der Waals surface area contributed by atoms with Gasteiger partial charge in [0.2, 0.25) is 5.91 Å². The number of ether oxygens (including phenoxy) is 1. The molecule has 148 valence electrons. The summed E-state index contributed by atoms with van der Waals surface area (Å²) in [4.78, 5) is 24.3. The first-order valence-corrected chi connectivity index (χ1v) is 8.02. The second-order valence-electron chi connectivity index (χ2n) is 5.92. The van der Waals surface area contributed by atoms with Gasteiger partial charge in [-0.2, -0.15) is 0 Å². The highest BCUT2D eigenvalue weighted by Gasteiger charge is 2.31. The van der Waals surface area contributed by atoms with Crippen molar-refractivity contribution in [1.82, 2.24) is 19.5 Å². The fourth-order valence-electron chi connectivity index (χ4n) is 2.56. The van der Waals surface area contributed by atoms with Gasteiger partial charge in [0.05, 0.1) is 12.2 Å². The molecule has 0 aliphatic rings. The van der Waals surface area contributed by atoms with Crippen LogP contribution in [0.3, 0.4) is 0 Å². The number of halogens is 4. The maximum absolute atomic E-state index is 13.2. The number of aromatic nitrogens is 3. The predicted molar refractivity (Wildman–Crippen MR) is 89.1 cm³/mol. The molecule has 11 heteroatoms. The van der Waals surface area contributed by atoms with Gasteiger partial charge < -0.3 is 10.1 Å². The average Bonchev–Trinajstić information content (AvgIpc) is 2.89. The Morgan fingerprint density at radius 2 is 1.89 bits per heavy atom. The Hall–Kier alpha value is -3.37. The summed E-state index contributed by atoms with van der Waals surface area (Å²) in [5.74, 6) is -1.54. The Labute approximate surface area is 155 Å². The molecule has 0 unspecified atom stereocenters. The molecule has 1 amide bonds. The summed E-state index contributed by atoms with van der Waals surface area (Å²) in [5, 5.41) is 6.55. The Morgan fingerprint density at radius 1 is 1.21 bits per heavy atom. The molecule has 1 N–H and O–H groups in total. The Kier molecular flexibility index (Phi) is 5.08. The van der Waals surface area contributed by atoms with E-state index in [1.54, 1.807) is 6.92 Å². The second-order valence-corrected chi connectivity index (χ2v) is 5.92. The summed E-state index contributed by atoms with van der Waals surface area (Å²) < 4.78 is 55.4. The lowest BCUT2D eigenvalue weighted by Crippen LogP contribution is -2.34. The smallest absolute Gasteiger partial charge is 0.406 e. The molecule has 1 aromatic carbocycles. The van der Waals surface area contributed by atoms with Crippen molar-refractivity contribution in [2.45, 2.75) is 25.9 Å². The third kappa shape index (κ3) is 4.48. The van der Waals surface area contributed by atoms with Crippen LogP contribution in [-0.2, 0) is 11.3 Å². The molecular formula is C17H14F4N4O3. The summed E-state index contributed by atoms with van der Waals surface area (Å²) in [6.07, 6.45) is -3.82. The third-order valence-corrected chi connectivity index (χ3v) is 3.83. The van der Waals surface area contributed by atoms with Crippen LogP contribution in [0.15, 0.2) is 47.4 Å². The largest absolute Gasteiger partial charge is 0.573 e. The number of nitrogens with zero attached hydrogens (tertiary/aromatic N) is 3. The molecule has 0 spiro atoms. The molecular weight excluding hydrogens is 384 g/mol. The van der Waals surface area contributed by atoms with Crippen molar-refractivity contribution in [2.75, 3.05) is 0 Å². The van der Waals surface area contributed by atoms with E-state index in [1.807, 2.05) is 0 Å². The first-order chi connectivity index (χ1) is 13.1. The molecule has 3 rings (SSSR count). The fraction of sp³-hybridized carbons (Fsp3) is 0.235. The molecule has 0 saturated carbocycles. The van der Waals surface area contributed by atoms with Gasteiger partial charge >= 0.3 is 12.1 Å². The van der Waals surface area contributed by atoms with Crippen molar-refractivity contribution in [2.24, 2.45) is 0 Å². The van der Waals surface area contributed by atoms with Crippen molar-refractivity contribution < 1.29 is 27.1 Å². The van der Waals surface area contributed by atoms with E-state index in [0.29, 0.717) is 5.56 Å². The topological polar surface area (TPSA) is 77.6 Å². The van der Waals surface area contributed by atoms with Crippen LogP contribution in [0.4, 0.5) is 17.6 Å². The predicted octanol–water partition coefficient (Wildman–Crippen LogP) is 2.41. The highest BCUT2D eigenvalue weighted by Crippen LogP contribution is 2.24. The van der Waals surface area contributed by atoms with Crippen LogP contribution in [0.25, 0.3) is 5.65 Å². The van der Waals surface area contributed by atoms with E-state index in [1.165, 1.54) is 18.2 Å². The van der Waals surface area contributed by atoms with Gasteiger partial charge in [0.15, 0.2) is 5.65 Å². The molecule has 3 aromatic rings. The SMILES string of the molecule is C[C@H](NC(=O)Cn1nc2ccc(F)cn2c1=O)c1ccc(OC(F)(F)F)cc1. The van der Waals surface area contributed by atoms with Gasteiger partial charge in [0, 0.05) is 0 Å². The van der Waals surface area contributed by atoms with Gasteiger partial charge in [-0.15, -0.1) is 18.3 Å². The molecule has 0 radical (unpaired) electrons. The molecule has 28 heavy (non-hydrogen) atoms. The maximum Gasteiger partial charge on any atom is 0.573 e. The van der Waals surface area contributed by atoms with Crippen LogP contribution < -0.4 is 15.7 Å². The van der Waals surface area contributed by atoms with Crippen molar-refractivity contribution in [3.8, 4) is 5.75 Å². The van der Waals surface area contributed by atoms with Gasteiger partial charge in [-0.1, -0.05) is 12.1 Å². The zero-order chi connectivity index (χ0) is 20.5. The molecule has 1 atom stereocenters. The van der Waals surface area contributed by atoms with Gasteiger partial charge in [0.1, 0.15) is 18.1 Å². The van der Waals surface area contributed by atoms with Crippen molar-refractivity contribution in [3.63, 3.8) is 0 Å². The van der Waals surface area contributed by atoms with Crippen LogP contribution in [0.5, 0.6) is 5.75 Å². The fourth-order valence-corrected chi connectivity index (χ4v) is 2.56. The van der Waals surface area contributed by atoms with E-state index in [-0.39, 0.29) is 11.4 Å². The zero-order valence-corrected chi connectivity index (χ0v) is 14.4. The second kappa shape index (κ2) is 7.33. The standard InChI is InChI=1S/C17H14F4N4O3/c1-10(11-2-5-13(6-3-11)28-17(19,20)21)22-15(26)9-25-16(27)24-8-12(18)4-7-14(24)23-25/h2-8,10H,9H2,1H3,(H,22,26)/t10-/m0/s1. The van der Waals surface area contributed by atoms with Crippen LogP contribution in [0.2, 0.25) is 0 Å². The summed E-state index contributed by atoms with van der Waals surface area (Å²) >= 11 is 0. The monoisotopic (exact) mass is 398 g/mol. The van der Waals surface area contributed by atoms with Crippen molar-refractivity contribution >= 4 is 11.6 Å². The molecule has 0 fully saturated rings. The lowest BCUT2D eigenvalue weighted by molar-refractivity contribution is -0.274. The number of benzene rings is 1. The number of fused-ring (bicyclic) bond motifs is 1. The number of hydrogen-bond donors (Lipinski definition) is 1. The Balaban J connectivity index is 1.66. The summed E-state index contributed by atoms with van der Waals surface area (Å²) in [6.45, 7) is 1.22. The van der Waals surface area contributed by atoms with Crippen LogP contribution in [0.1, 0.15) is 18.5 Å². The Bertz CT molecular complexity index is 1060. The summed E-state index contributed by atoms with van der Waals surface area (Å²) in [5.41, 5.74) is 0.0470. The lowest BCUT2D eigenvalue weighted by Gasteiger charge is -2.15. The van der Waals surface area contributed by atoms with Gasteiger partial charge in [-0.3, -0.25) is 4.79 Å². The number of alkyl halides is 3. The molecule has 0 aliphatic carbocycles. The van der Waals surface area contributed by atoms with Gasteiger partial charge in [0.25, 0.3) is 0 Å². The van der Waals surface area contributed by atoms with Crippen molar-refractivity contribution in [1.29, 1.82) is 0 Å². The maximum atomic E-state index is 13.2.